The van der Waals surface area contributed by atoms with Crippen molar-refractivity contribution >= 4 is 45.5 Å². The van der Waals surface area contributed by atoms with Gasteiger partial charge in [0.05, 0.1) is 0 Å². The molecule has 10 heteroatoms. The van der Waals surface area contributed by atoms with Gasteiger partial charge in [0.15, 0.2) is 5.13 Å². The fraction of sp³-hybridized carbons (Fsp3) is 0.304. The molecule has 3 aromatic rings. The summed E-state index contributed by atoms with van der Waals surface area (Å²) in [6.07, 6.45) is 5.05. The Hall–Kier alpha value is -3.53. The summed E-state index contributed by atoms with van der Waals surface area (Å²) in [5.41, 5.74) is 12.5. The zero-order valence-corrected chi connectivity index (χ0v) is 19.0. The number of thiazole rings is 1. The highest BCUT2D eigenvalue weighted by molar-refractivity contribution is 7.18. The standard InChI is InChI=1S/C23H25FN6O2S/c1-14(22(26)32)30(17-8-6-16(24)7-9-17)23-28-21(25)20(33-23)19(31)15-5-10-18(27-13-15)29-11-3-2-4-12-29/h5-10,13-14H,2-4,11-12,25H2,1H3,(H2,26,32)/t14-/m1/s1. The lowest BCUT2D eigenvalue weighted by molar-refractivity contribution is -0.118. The Labute approximate surface area is 195 Å². The number of carbonyl (C=O) groups is 2. The number of carbonyl (C=O) groups excluding carboxylic acids is 2. The van der Waals surface area contributed by atoms with E-state index in [0.717, 1.165) is 43.1 Å². The van der Waals surface area contributed by atoms with E-state index in [0.29, 0.717) is 16.4 Å². The van der Waals surface area contributed by atoms with Gasteiger partial charge in [-0.25, -0.2) is 14.4 Å². The van der Waals surface area contributed by atoms with Crippen molar-refractivity contribution < 1.29 is 14.0 Å². The number of nitrogen functional groups attached to an aromatic ring is 1. The monoisotopic (exact) mass is 468 g/mol. The number of hydrogen-bond donors (Lipinski definition) is 2. The number of halogens is 1. The highest BCUT2D eigenvalue weighted by Gasteiger charge is 2.27. The third kappa shape index (κ3) is 4.80. The first-order valence-electron chi connectivity index (χ1n) is 10.7. The van der Waals surface area contributed by atoms with Crippen LogP contribution in [0.1, 0.15) is 41.4 Å². The lowest BCUT2D eigenvalue weighted by Gasteiger charge is -2.27. The Bertz CT molecular complexity index is 1140. The van der Waals surface area contributed by atoms with E-state index < -0.39 is 17.8 Å². The van der Waals surface area contributed by atoms with Crippen LogP contribution in [0, 0.1) is 5.82 Å². The maximum Gasteiger partial charge on any atom is 0.240 e. The Balaban J connectivity index is 1.62. The molecule has 172 valence electrons. The molecule has 33 heavy (non-hydrogen) atoms. The second-order valence-electron chi connectivity index (χ2n) is 7.92. The number of aromatic nitrogens is 2. The molecule has 2 aromatic heterocycles. The van der Waals surface area contributed by atoms with Gasteiger partial charge in [0.25, 0.3) is 0 Å². The number of piperidine rings is 1. The molecule has 0 aliphatic carbocycles. The van der Waals surface area contributed by atoms with Crippen molar-refractivity contribution in [2.45, 2.75) is 32.2 Å². The Morgan fingerprint density at radius 1 is 1.12 bits per heavy atom. The van der Waals surface area contributed by atoms with Gasteiger partial charge in [0.2, 0.25) is 11.7 Å². The van der Waals surface area contributed by atoms with Crippen molar-refractivity contribution in [3.63, 3.8) is 0 Å². The number of anilines is 4. The van der Waals surface area contributed by atoms with Gasteiger partial charge in [-0.2, -0.15) is 0 Å². The number of nitrogens with zero attached hydrogens (tertiary/aromatic N) is 4. The number of ketones is 1. The fourth-order valence-electron chi connectivity index (χ4n) is 3.78. The molecule has 1 fully saturated rings. The molecule has 4 rings (SSSR count). The van der Waals surface area contributed by atoms with E-state index in [1.165, 1.54) is 35.6 Å². The van der Waals surface area contributed by atoms with Crippen LogP contribution < -0.4 is 21.3 Å². The molecular formula is C23H25FN6O2S. The van der Waals surface area contributed by atoms with E-state index in [1.807, 2.05) is 6.07 Å². The van der Waals surface area contributed by atoms with E-state index in [-0.39, 0.29) is 16.5 Å². The van der Waals surface area contributed by atoms with Gasteiger partial charge in [0, 0.05) is 30.5 Å². The highest BCUT2D eigenvalue weighted by atomic mass is 32.1. The second-order valence-corrected chi connectivity index (χ2v) is 8.89. The number of primary amides is 1. The summed E-state index contributed by atoms with van der Waals surface area (Å²) in [5.74, 6) is -0.426. The van der Waals surface area contributed by atoms with Crippen LogP contribution in [-0.2, 0) is 4.79 Å². The van der Waals surface area contributed by atoms with Crippen LogP contribution in [0.25, 0.3) is 0 Å². The molecule has 1 atom stereocenters. The van der Waals surface area contributed by atoms with E-state index in [1.54, 1.807) is 19.2 Å². The lowest BCUT2D eigenvalue weighted by atomic mass is 10.1. The summed E-state index contributed by atoms with van der Waals surface area (Å²) < 4.78 is 13.4. The molecule has 8 nitrogen and oxygen atoms in total. The summed E-state index contributed by atoms with van der Waals surface area (Å²) in [5, 5.41) is 0.312. The van der Waals surface area contributed by atoms with Crippen LogP contribution >= 0.6 is 11.3 Å². The number of rotatable bonds is 7. The van der Waals surface area contributed by atoms with Gasteiger partial charge >= 0.3 is 0 Å². The third-order valence-corrected chi connectivity index (χ3v) is 6.72. The Morgan fingerprint density at radius 3 is 2.42 bits per heavy atom. The number of hydrogen-bond acceptors (Lipinski definition) is 8. The third-order valence-electron chi connectivity index (χ3n) is 5.65. The van der Waals surface area contributed by atoms with Crippen LogP contribution in [0.2, 0.25) is 0 Å². The van der Waals surface area contributed by atoms with Crippen LogP contribution in [0.15, 0.2) is 42.6 Å². The van der Waals surface area contributed by atoms with Gasteiger partial charge < -0.3 is 21.3 Å². The molecule has 1 aliphatic heterocycles. The molecule has 1 saturated heterocycles. The lowest BCUT2D eigenvalue weighted by Crippen LogP contribution is -2.39. The predicted molar refractivity (Wildman–Crippen MR) is 127 cm³/mol. The molecule has 0 saturated carbocycles. The number of amides is 1. The Kier molecular flexibility index (Phi) is 6.55. The number of pyridine rings is 1. The first-order valence-corrected chi connectivity index (χ1v) is 11.5. The van der Waals surface area contributed by atoms with Gasteiger partial charge in [-0.15, -0.1) is 0 Å². The van der Waals surface area contributed by atoms with Crippen LogP contribution in [-0.4, -0.2) is 40.8 Å². The molecule has 1 aromatic carbocycles. The number of nitrogens with two attached hydrogens (primary N) is 2. The minimum Gasteiger partial charge on any atom is -0.382 e. The van der Waals surface area contributed by atoms with Gasteiger partial charge in [0.1, 0.15) is 28.4 Å². The molecular weight excluding hydrogens is 443 g/mol. The summed E-state index contributed by atoms with van der Waals surface area (Å²) in [6, 6.07) is 8.35. The minimum absolute atomic E-state index is 0.0453. The van der Waals surface area contributed by atoms with Crippen molar-refractivity contribution in [2.24, 2.45) is 5.73 Å². The molecule has 3 heterocycles. The molecule has 1 amide bonds. The van der Waals surface area contributed by atoms with E-state index in [9.17, 15) is 14.0 Å². The summed E-state index contributed by atoms with van der Waals surface area (Å²) >= 11 is 1.05. The highest BCUT2D eigenvalue weighted by Crippen LogP contribution is 2.36. The minimum atomic E-state index is -0.797. The van der Waals surface area contributed by atoms with Crippen molar-refractivity contribution in [1.29, 1.82) is 0 Å². The van der Waals surface area contributed by atoms with Crippen molar-refractivity contribution in [2.75, 3.05) is 28.6 Å². The largest absolute Gasteiger partial charge is 0.382 e. The Morgan fingerprint density at radius 2 is 1.82 bits per heavy atom. The normalized spacial score (nSPS) is 14.7. The fourth-order valence-corrected chi connectivity index (χ4v) is 4.83. The molecule has 0 spiro atoms. The SMILES string of the molecule is C[C@H](C(N)=O)N(c1ccc(F)cc1)c1nc(N)c(C(=O)c2ccc(N3CCCCC3)nc2)s1. The van der Waals surface area contributed by atoms with Gasteiger partial charge in [-0.05, 0) is 62.6 Å². The number of benzene rings is 1. The second kappa shape index (κ2) is 9.53. The quantitative estimate of drug-likeness (QED) is 0.510. The zero-order chi connectivity index (χ0) is 23.5. The first kappa shape index (κ1) is 22.7. The first-order chi connectivity index (χ1) is 15.8. The molecule has 4 N–H and O–H groups in total. The molecule has 0 unspecified atom stereocenters. The molecule has 0 bridgehead atoms. The van der Waals surface area contributed by atoms with Gasteiger partial charge in [-0.3, -0.25) is 9.59 Å². The van der Waals surface area contributed by atoms with Crippen molar-refractivity contribution in [3.8, 4) is 0 Å². The predicted octanol–water partition coefficient (Wildman–Crippen LogP) is 3.49. The summed E-state index contributed by atoms with van der Waals surface area (Å²) in [4.78, 5) is 37.9. The average Bonchev–Trinajstić information content (AvgIpc) is 3.21. The summed E-state index contributed by atoms with van der Waals surface area (Å²) in [7, 11) is 0. The van der Waals surface area contributed by atoms with E-state index in [4.69, 9.17) is 11.5 Å². The smallest absolute Gasteiger partial charge is 0.240 e. The van der Waals surface area contributed by atoms with Gasteiger partial charge in [-0.1, -0.05) is 11.3 Å². The average molecular weight is 469 g/mol. The summed E-state index contributed by atoms with van der Waals surface area (Å²) in [6.45, 7) is 3.53. The van der Waals surface area contributed by atoms with E-state index in [2.05, 4.69) is 14.9 Å². The van der Waals surface area contributed by atoms with Crippen molar-refractivity contribution in [1.82, 2.24) is 9.97 Å². The zero-order valence-electron chi connectivity index (χ0n) is 18.2. The van der Waals surface area contributed by atoms with Crippen LogP contribution in [0.4, 0.5) is 26.8 Å². The molecule has 0 radical (unpaired) electrons. The van der Waals surface area contributed by atoms with E-state index >= 15 is 0 Å². The maximum atomic E-state index is 13.4. The van der Waals surface area contributed by atoms with Crippen LogP contribution in [0.3, 0.4) is 0 Å². The van der Waals surface area contributed by atoms with Crippen LogP contribution in [0.5, 0.6) is 0 Å². The topological polar surface area (TPSA) is 118 Å². The maximum absolute atomic E-state index is 13.4. The molecule has 1 aliphatic rings. The van der Waals surface area contributed by atoms with Crippen molar-refractivity contribution in [3.05, 3.63) is 58.9 Å².